The molecule has 0 N–H and O–H groups in total. The largest absolute Gasteiger partial charge is 0.517 e. The average molecular weight is 409 g/mol. The number of allylic oxidation sites excluding steroid dienone is 1. The summed E-state index contributed by atoms with van der Waals surface area (Å²) in [6.07, 6.45) is 2.72. The van der Waals surface area contributed by atoms with Crippen molar-refractivity contribution in [2.45, 2.75) is 84.0 Å². The molecule has 0 unspecified atom stereocenters. The van der Waals surface area contributed by atoms with Crippen LogP contribution in [0.1, 0.15) is 61.0 Å². The van der Waals surface area contributed by atoms with Gasteiger partial charge in [-0.2, -0.15) is 0 Å². The molecule has 0 radical (unpaired) electrons. The number of hydrogen-bond donors (Lipinski definition) is 0. The Balaban J connectivity index is 3.35. The van der Waals surface area contributed by atoms with Gasteiger partial charge in [-0.3, -0.25) is 0 Å². The van der Waals surface area contributed by atoms with Crippen molar-refractivity contribution in [3.8, 4) is 11.5 Å². The van der Waals surface area contributed by atoms with Gasteiger partial charge in [0.1, 0.15) is 5.75 Å². The van der Waals surface area contributed by atoms with Crippen LogP contribution in [0.2, 0.25) is 22.2 Å². The summed E-state index contributed by atoms with van der Waals surface area (Å²) in [5.74, 6) is 1.59. The summed E-state index contributed by atoms with van der Waals surface area (Å²) in [5, 5.41) is 0. The van der Waals surface area contributed by atoms with Gasteiger partial charge < -0.3 is 13.3 Å². The molecule has 0 fully saturated rings. The molecule has 0 amide bonds. The molecule has 0 saturated carbocycles. The van der Waals surface area contributed by atoms with Crippen LogP contribution in [0.25, 0.3) is 0 Å². The molecule has 1 aromatic carbocycles. The number of hydrogen-bond acceptors (Lipinski definition) is 3. The molecular formula is C22H40O3Si2. The van der Waals surface area contributed by atoms with Gasteiger partial charge in [-0.1, -0.05) is 67.5 Å². The molecule has 3 nitrogen and oxygen atoms in total. The van der Waals surface area contributed by atoms with E-state index < -0.39 is 17.6 Å². The topological polar surface area (TPSA) is 27.7 Å². The van der Waals surface area contributed by atoms with Gasteiger partial charge in [-0.15, -0.1) is 6.58 Å². The molecule has 0 aliphatic heterocycles. The summed E-state index contributed by atoms with van der Waals surface area (Å²) in [4.78, 5) is 0. The summed E-state index contributed by atoms with van der Waals surface area (Å²) in [5.41, 5.74) is 3.03. The maximum absolute atomic E-state index is 7.05. The minimum absolute atomic E-state index is 0.350. The molecule has 0 heterocycles. The highest BCUT2D eigenvalue weighted by Gasteiger charge is 2.49. The maximum atomic E-state index is 7.05. The van der Waals surface area contributed by atoms with Crippen LogP contribution in [-0.2, 0) is 10.5 Å². The zero-order chi connectivity index (χ0) is 20.8. The fourth-order valence-electron chi connectivity index (χ4n) is 3.72. The molecule has 0 atom stereocenters. The predicted molar refractivity (Wildman–Crippen MR) is 122 cm³/mol. The van der Waals surface area contributed by atoms with E-state index in [1.54, 1.807) is 7.11 Å². The standard InChI is InChI=1S/C22H40O3Si2/c1-11-12-20-13-14-21(22(15-20)23-10)24-27(18(6)7,19(8)9)25-26(16(2)3)17(4)5/h11,13-19,26H,1,12H2,2-10H3. The van der Waals surface area contributed by atoms with Gasteiger partial charge in [-0.05, 0) is 35.2 Å². The molecule has 0 aromatic heterocycles. The van der Waals surface area contributed by atoms with E-state index in [1.807, 2.05) is 12.1 Å². The second-order valence-corrected chi connectivity index (χ2v) is 17.2. The van der Waals surface area contributed by atoms with E-state index in [1.165, 1.54) is 5.56 Å². The minimum atomic E-state index is -2.50. The molecule has 0 saturated heterocycles. The smallest absolute Gasteiger partial charge is 0.393 e. The molecule has 5 heteroatoms. The lowest BCUT2D eigenvalue weighted by atomic mass is 10.1. The van der Waals surface area contributed by atoms with Crippen molar-refractivity contribution in [2.24, 2.45) is 0 Å². The lowest BCUT2D eigenvalue weighted by molar-refractivity contribution is 0.326. The van der Waals surface area contributed by atoms with Gasteiger partial charge in [0.2, 0.25) is 0 Å². The minimum Gasteiger partial charge on any atom is -0.517 e. The Hall–Kier alpha value is -1.05. The fraction of sp³-hybridized carbons (Fsp3) is 0.636. The van der Waals surface area contributed by atoms with Crippen molar-refractivity contribution in [2.75, 3.05) is 7.11 Å². The summed E-state index contributed by atoms with van der Waals surface area (Å²) < 4.78 is 19.5. The van der Waals surface area contributed by atoms with Gasteiger partial charge in [-0.25, -0.2) is 0 Å². The SMILES string of the molecule is C=CCc1ccc(O[Si](O[SiH](C(C)C)C(C)C)(C(C)C)C(C)C)c(OC)c1. The van der Waals surface area contributed by atoms with Crippen LogP contribution in [-0.4, -0.2) is 24.7 Å². The number of benzene rings is 1. The van der Waals surface area contributed by atoms with E-state index in [4.69, 9.17) is 13.3 Å². The molecule has 154 valence electrons. The number of ether oxygens (including phenoxy) is 1. The molecule has 1 rings (SSSR count). The second-order valence-electron chi connectivity index (χ2n) is 8.68. The lowest BCUT2D eigenvalue weighted by Crippen LogP contribution is -2.55. The monoisotopic (exact) mass is 408 g/mol. The van der Waals surface area contributed by atoms with E-state index in [0.29, 0.717) is 22.2 Å². The zero-order valence-corrected chi connectivity index (χ0v) is 21.0. The first kappa shape index (κ1) is 24.0. The van der Waals surface area contributed by atoms with Gasteiger partial charge in [0.15, 0.2) is 14.8 Å². The Labute approximate surface area is 170 Å². The van der Waals surface area contributed by atoms with Gasteiger partial charge in [0, 0.05) is 11.1 Å². The van der Waals surface area contributed by atoms with Crippen molar-refractivity contribution in [1.29, 1.82) is 0 Å². The van der Waals surface area contributed by atoms with Crippen LogP contribution in [0.5, 0.6) is 11.5 Å². The second kappa shape index (κ2) is 10.5. The van der Waals surface area contributed by atoms with Crippen molar-refractivity contribution >= 4 is 17.6 Å². The van der Waals surface area contributed by atoms with Crippen LogP contribution >= 0.6 is 0 Å². The molecule has 0 aliphatic carbocycles. The van der Waals surface area contributed by atoms with Gasteiger partial charge in [0.05, 0.1) is 7.11 Å². The Bertz CT molecular complexity index is 581. The third-order valence-corrected chi connectivity index (χ3v) is 14.1. The van der Waals surface area contributed by atoms with E-state index in [2.05, 4.69) is 74.1 Å². The summed E-state index contributed by atoms with van der Waals surface area (Å²) in [7, 11) is -2.22. The molecule has 0 bridgehead atoms. The zero-order valence-electron chi connectivity index (χ0n) is 18.8. The number of rotatable bonds is 11. The lowest BCUT2D eigenvalue weighted by Gasteiger charge is -2.42. The molecule has 1 aromatic rings. The van der Waals surface area contributed by atoms with Crippen LogP contribution in [0.4, 0.5) is 0 Å². The first-order chi connectivity index (χ1) is 12.6. The van der Waals surface area contributed by atoms with Crippen LogP contribution in [0, 0.1) is 0 Å². The van der Waals surface area contributed by atoms with E-state index >= 15 is 0 Å². The molecule has 0 spiro atoms. The van der Waals surface area contributed by atoms with Crippen molar-refractivity contribution < 1.29 is 13.3 Å². The fourth-order valence-corrected chi connectivity index (χ4v) is 13.8. The number of methoxy groups -OCH3 is 1. The van der Waals surface area contributed by atoms with E-state index in [9.17, 15) is 0 Å². The summed E-state index contributed by atoms with van der Waals surface area (Å²) >= 11 is 0. The molecule has 0 aliphatic rings. The van der Waals surface area contributed by atoms with Crippen molar-refractivity contribution in [3.05, 3.63) is 36.4 Å². The predicted octanol–water partition coefficient (Wildman–Crippen LogP) is 6.63. The Morgan fingerprint density at radius 1 is 0.963 bits per heavy atom. The Kier molecular flexibility index (Phi) is 9.32. The average Bonchev–Trinajstić information content (AvgIpc) is 2.58. The third-order valence-electron chi connectivity index (χ3n) is 5.12. The van der Waals surface area contributed by atoms with Crippen LogP contribution < -0.4 is 9.16 Å². The van der Waals surface area contributed by atoms with Gasteiger partial charge in [0.25, 0.3) is 0 Å². The summed E-state index contributed by atoms with van der Waals surface area (Å²) in [6, 6.07) is 6.19. The maximum Gasteiger partial charge on any atom is 0.393 e. The van der Waals surface area contributed by atoms with Crippen LogP contribution in [0.15, 0.2) is 30.9 Å². The molecular weight excluding hydrogens is 368 g/mol. The first-order valence-electron chi connectivity index (χ1n) is 10.2. The van der Waals surface area contributed by atoms with E-state index in [-0.39, 0.29) is 0 Å². The van der Waals surface area contributed by atoms with Crippen molar-refractivity contribution in [1.82, 2.24) is 0 Å². The van der Waals surface area contributed by atoms with E-state index in [0.717, 1.165) is 17.9 Å². The quantitative estimate of drug-likeness (QED) is 0.304. The Morgan fingerprint density at radius 3 is 1.93 bits per heavy atom. The highest BCUT2D eigenvalue weighted by Crippen LogP contribution is 2.41. The highest BCUT2D eigenvalue weighted by atomic mass is 28.4. The molecule has 27 heavy (non-hydrogen) atoms. The normalized spacial score (nSPS) is 12.5. The Morgan fingerprint density at radius 2 is 1.52 bits per heavy atom. The first-order valence-corrected chi connectivity index (χ1v) is 14.0. The van der Waals surface area contributed by atoms with Crippen LogP contribution in [0.3, 0.4) is 0 Å². The highest BCUT2D eigenvalue weighted by molar-refractivity contribution is 6.78. The third kappa shape index (κ3) is 5.96. The summed E-state index contributed by atoms with van der Waals surface area (Å²) in [6.45, 7) is 22.0. The van der Waals surface area contributed by atoms with Crippen molar-refractivity contribution in [3.63, 3.8) is 0 Å². The van der Waals surface area contributed by atoms with Gasteiger partial charge >= 0.3 is 8.56 Å².